The molecule has 5 atom stereocenters. The fourth-order valence-electron chi connectivity index (χ4n) is 10.5. The van der Waals surface area contributed by atoms with E-state index in [-0.39, 0.29) is 25.7 Å². The summed E-state index contributed by atoms with van der Waals surface area (Å²) in [6.45, 7) is 4.89. The van der Waals surface area contributed by atoms with Crippen molar-refractivity contribution in [2.45, 2.75) is 380 Å². The minimum atomic E-state index is -4.95. The van der Waals surface area contributed by atoms with Crippen LogP contribution < -0.4 is 0 Å². The maximum absolute atomic E-state index is 13.0. The minimum absolute atomic E-state index is 0.106. The van der Waals surface area contributed by atoms with Gasteiger partial charge in [-0.15, -0.1) is 0 Å². The fraction of sp³-hybridized carbons (Fsp3) is 0.942. The molecule has 522 valence electrons. The highest BCUT2D eigenvalue weighted by Crippen LogP contribution is 2.45. The lowest BCUT2D eigenvalue weighted by Gasteiger charge is -2.21. The van der Waals surface area contributed by atoms with Gasteiger partial charge in [0.15, 0.2) is 12.2 Å². The van der Waals surface area contributed by atoms with Gasteiger partial charge in [0.1, 0.15) is 19.3 Å². The molecule has 0 aromatic heterocycles. The van der Waals surface area contributed by atoms with Crippen LogP contribution in [0.3, 0.4) is 0 Å². The maximum atomic E-state index is 13.0. The van der Waals surface area contributed by atoms with Gasteiger partial charge in [-0.25, -0.2) is 9.13 Å². The van der Waals surface area contributed by atoms with Crippen molar-refractivity contribution in [1.82, 2.24) is 0 Å². The second kappa shape index (κ2) is 63.8. The molecule has 17 nitrogen and oxygen atoms in total. The van der Waals surface area contributed by atoms with E-state index in [0.29, 0.717) is 25.7 Å². The Labute approximate surface area is 537 Å². The lowest BCUT2D eigenvalue weighted by atomic mass is 10.0. The van der Waals surface area contributed by atoms with Gasteiger partial charge in [-0.1, -0.05) is 310 Å². The van der Waals surface area contributed by atoms with Crippen molar-refractivity contribution in [3.05, 3.63) is 0 Å². The Kier molecular flexibility index (Phi) is 62.4. The Morgan fingerprint density at radius 2 is 0.455 bits per heavy atom. The second-order valence-electron chi connectivity index (χ2n) is 24.9. The normalized spacial score (nSPS) is 14.0. The van der Waals surface area contributed by atoms with Gasteiger partial charge < -0.3 is 33.8 Å². The molecule has 0 spiro atoms. The number of ether oxygens (including phenoxy) is 4. The van der Waals surface area contributed by atoms with Crippen LogP contribution in [0.25, 0.3) is 0 Å². The topological polar surface area (TPSA) is 237 Å². The standard InChI is InChI=1S/C69H134O17P2/c1-5-9-13-17-21-25-27-28-29-30-31-32-33-34-35-37-40-44-48-52-56-69(74)86-65(60-80-67(72)54-50-46-42-39-36-26-22-18-14-10-6-2)62-84-88(77,78)82-58-63(70)57-81-87(75,76)83-61-64(59-79-66(71)53-49-45-41-24-20-16-12-8-4)85-68(73)55-51-47-43-38-23-19-15-11-7-3/h63-65,70H,5-62H2,1-4H3,(H,75,76)(H,77,78)/t63-,64+,65+/m0/s1. The highest BCUT2D eigenvalue weighted by Gasteiger charge is 2.30. The SMILES string of the molecule is CCCCCCCCCCCCCCCCCCCCCCC(=O)O[C@H](COC(=O)CCCCCCCCCCCCC)COP(=O)(O)OC[C@@H](O)COP(=O)(O)OC[C@@H](COC(=O)CCCCCCCCCC)OC(=O)CCCCCCCCCCC. The molecule has 0 saturated carbocycles. The number of hydrogen-bond donors (Lipinski definition) is 3. The smallest absolute Gasteiger partial charge is 0.462 e. The summed E-state index contributed by atoms with van der Waals surface area (Å²) in [7, 11) is -9.89. The fourth-order valence-corrected chi connectivity index (χ4v) is 12.1. The van der Waals surface area contributed by atoms with Crippen molar-refractivity contribution in [3.63, 3.8) is 0 Å². The first-order valence-corrected chi connectivity index (χ1v) is 39.3. The quantitative estimate of drug-likeness (QED) is 0.0222. The molecule has 3 N–H and O–H groups in total. The number of hydrogen-bond acceptors (Lipinski definition) is 15. The van der Waals surface area contributed by atoms with Crippen molar-refractivity contribution < 1.29 is 80.2 Å². The van der Waals surface area contributed by atoms with Crippen LogP contribution >= 0.6 is 15.6 Å². The molecule has 0 aromatic carbocycles. The lowest BCUT2D eigenvalue weighted by molar-refractivity contribution is -0.161. The molecule has 0 aliphatic heterocycles. The van der Waals surface area contributed by atoms with E-state index < -0.39 is 97.5 Å². The summed E-state index contributed by atoms with van der Waals surface area (Å²) in [6.07, 6.45) is 51.5. The van der Waals surface area contributed by atoms with E-state index in [0.717, 1.165) is 96.3 Å². The predicted molar refractivity (Wildman–Crippen MR) is 354 cm³/mol. The minimum Gasteiger partial charge on any atom is -0.462 e. The van der Waals surface area contributed by atoms with E-state index in [1.54, 1.807) is 0 Å². The summed E-state index contributed by atoms with van der Waals surface area (Å²) >= 11 is 0. The summed E-state index contributed by atoms with van der Waals surface area (Å²) in [5.74, 6) is -2.13. The molecule has 2 unspecified atom stereocenters. The Balaban J connectivity index is 5.14. The average Bonchev–Trinajstić information content (AvgIpc) is 3.63. The van der Waals surface area contributed by atoms with Gasteiger partial charge >= 0.3 is 39.5 Å². The Morgan fingerprint density at radius 3 is 0.670 bits per heavy atom. The van der Waals surface area contributed by atoms with Crippen molar-refractivity contribution in [2.75, 3.05) is 39.6 Å². The zero-order chi connectivity index (χ0) is 64.7. The third kappa shape index (κ3) is 62.8. The zero-order valence-corrected chi connectivity index (χ0v) is 58.5. The van der Waals surface area contributed by atoms with Crippen LogP contribution in [-0.4, -0.2) is 96.7 Å². The molecule has 0 bridgehead atoms. The first-order valence-electron chi connectivity index (χ1n) is 36.3. The number of phosphoric ester groups is 2. The molecule has 0 aromatic rings. The second-order valence-corrected chi connectivity index (χ2v) is 27.8. The van der Waals surface area contributed by atoms with Crippen molar-refractivity contribution in [2.24, 2.45) is 0 Å². The van der Waals surface area contributed by atoms with Gasteiger partial charge in [0.2, 0.25) is 0 Å². The van der Waals surface area contributed by atoms with Crippen molar-refractivity contribution in [3.8, 4) is 0 Å². The number of phosphoric acid groups is 2. The van der Waals surface area contributed by atoms with Crippen LogP contribution in [0.2, 0.25) is 0 Å². The van der Waals surface area contributed by atoms with Gasteiger partial charge in [-0.05, 0) is 25.7 Å². The Morgan fingerprint density at radius 1 is 0.273 bits per heavy atom. The number of carbonyl (C=O) groups excluding carboxylic acids is 4. The van der Waals surface area contributed by atoms with E-state index in [1.165, 1.54) is 186 Å². The number of aliphatic hydroxyl groups is 1. The van der Waals surface area contributed by atoms with Gasteiger partial charge in [-0.2, -0.15) is 0 Å². The molecule has 0 aliphatic rings. The van der Waals surface area contributed by atoms with Gasteiger partial charge in [0.25, 0.3) is 0 Å². The van der Waals surface area contributed by atoms with E-state index in [4.69, 9.17) is 37.0 Å². The molecule has 0 fully saturated rings. The number of rotatable bonds is 70. The molecular weight excluding hydrogens is 1160 g/mol. The molecule has 0 radical (unpaired) electrons. The number of carbonyl (C=O) groups is 4. The van der Waals surface area contributed by atoms with Crippen LogP contribution in [0.5, 0.6) is 0 Å². The van der Waals surface area contributed by atoms with E-state index in [9.17, 15) is 43.2 Å². The molecular formula is C69H134O17P2. The van der Waals surface area contributed by atoms with E-state index in [1.807, 2.05) is 0 Å². The third-order valence-electron chi connectivity index (χ3n) is 16.1. The molecule has 0 heterocycles. The van der Waals surface area contributed by atoms with Crippen LogP contribution in [-0.2, 0) is 65.4 Å². The highest BCUT2D eigenvalue weighted by atomic mass is 31.2. The number of unbranched alkanes of at least 4 members (excludes halogenated alkanes) is 44. The predicted octanol–water partition coefficient (Wildman–Crippen LogP) is 19.9. The molecule has 0 rings (SSSR count). The van der Waals surface area contributed by atoms with Gasteiger partial charge in [0.05, 0.1) is 26.4 Å². The molecule has 88 heavy (non-hydrogen) atoms. The summed E-state index contributed by atoms with van der Waals surface area (Å²) in [5.41, 5.74) is 0. The maximum Gasteiger partial charge on any atom is 0.472 e. The molecule has 0 aliphatic carbocycles. The van der Waals surface area contributed by atoms with Crippen LogP contribution in [0.4, 0.5) is 0 Å². The molecule has 0 amide bonds. The summed E-state index contributed by atoms with van der Waals surface area (Å²) in [6, 6.07) is 0. The van der Waals surface area contributed by atoms with Crippen LogP contribution in [0, 0.1) is 0 Å². The van der Waals surface area contributed by atoms with E-state index >= 15 is 0 Å². The number of esters is 4. The zero-order valence-electron chi connectivity index (χ0n) is 56.7. The first-order chi connectivity index (χ1) is 42.7. The number of aliphatic hydroxyl groups excluding tert-OH is 1. The van der Waals surface area contributed by atoms with Crippen LogP contribution in [0.15, 0.2) is 0 Å². The Hall–Kier alpha value is -1.94. The summed E-state index contributed by atoms with van der Waals surface area (Å²) in [4.78, 5) is 72.3. The highest BCUT2D eigenvalue weighted by molar-refractivity contribution is 7.47. The van der Waals surface area contributed by atoms with Gasteiger partial charge in [-0.3, -0.25) is 37.3 Å². The Bertz CT molecular complexity index is 1690. The average molecular weight is 1300 g/mol. The van der Waals surface area contributed by atoms with Crippen LogP contribution in [0.1, 0.15) is 362 Å². The summed E-state index contributed by atoms with van der Waals surface area (Å²) in [5, 5.41) is 10.6. The first kappa shape index (κ1) is 86.1. The third-order valence-corrected chi connectivity index (χ3v) is 18.0. The molecule has 0 saturated heterocycles. The van der Waals surface area contributed by atoms with Gasteiger partial charge in [0, 0.05) is 25.7 Å². The van der Waals surface area contributed by atoms with Crippen molar-refractivity contribution >= 4 is 39.5 Å². The molecule has 19 heteroatoms. The largest absolute Gasteiger partial charge is 0.472 e. The summed E-state index contributed by atoms with van der Waals surface area (Å²) < 4.78 is 68.1. The lowest BCUT2D eigenvalue weighted by Crippen LogP contribution is -2.30. The monoisotopic (exact) mass is 1300 g/mol. The van der Waals surface area contributed by atoms with E-state index in [2.05, 4.69) is 27.7 Å². The van der Waals surface area contributed by atoms with Crippen molar-refractivity contribution in [1.29, 1.82) is 0 Å².